The van der Waals surface area contributed by atoms with Gasteiger partial charge in [0.2, 0.25) is 0 Å². The Morgan fingerprint density at radius 2 is 1.69 bits per heavy atom. The molecule has 1 aromatic carbocycles. The summed E-state index contributed by atoms with van der Waals surface area (Å²) in [4.78, 5) is 0. The molecule has 0 atom stereocenters. The largest absolute Gasteiger partial charge is 0.508 e. The summed E-state index contributed by atoms with van der Waals surface area (Å²) in [5.41, 5.74) is 1.08. The van der Waals surface area contributed by atoms with E-state index in [-0.39, 0.29) is 12.4 Å². The van der Waals surface area contributed by atoms with Crippen molar-refractivity contribution in [2.45, 2.75) is 0 Å². The van der Waals surface area contributed by atoms with Gasteiger partial charge in [0.15, 0.2) is 0 Å². The zero-order chi connectivity index (χ0) is 9.90. The molecule has 0 unspecified atom stereocenters. The van der Waals surface area contributed by atoms with Crippen LogP contribution in [0.2, 0.25) is 0 Å². The van der Waals surface area contributed by atoms with E-state index in [1.807, 2.05) is 26.2 Å². The second-order valence-corrected chi connectivity index (χ2v) is 3.65. The number of hydrogen-bond donors (Lipinski definition) is 2. The third-order valence-electron chi connectivity index (χ3n) is 2.21. The van der Waals surface area contributed by atoms with Crippen LogP contribution in [0.25, 0.3) is 0 Å². The van der Waals surface area contributed by atoms with Crippen LogP contribution < -0.4 is 4.48 Å². The van der Waals surface area contributed by atoms with Crippen molar-refractivity contribution in [3.63, 3.8) is 0 Å². The van der Waals surface area contributed by atoms with Crippen LogP contribution in [-0.4, -0.2) is 37.5 Å². The Bertz CT molecular complexity index is 267. The predicted octanol–water partition coefficient (Wildman–Crippen LogP) is 0.951. The Hall–Kier alpha value is -1.06. The Balaban J connectivity index is 2.87. The number of rotatable bonds is 3. The van der Waals surface area contributed by atoms with Gasteiger partial charge in [0.25, 0.3) is 0 Å². The van der Waals surface area contributed by atoms with E-state index in [0.717, 1.165) is 5.69 Å². The number of benzene rings is 1. The number of aliphatic hydroxyl groups excluding tert-OH is 1. The summed E-state index contributed by atoms with van der Waals surface area (Å²) in [5, 5.41) is 17.9. The number of hydrogen-bond acceptors (Lipinski definition) is 2. The third kappa shape index (κ3) is 2.44. The van der Waals surface area contributed by atoms with E-state index in [1.165, 1.54) is 0 Å². The molecule has 0 radical (unpaired) electrons. The molecule has 0 fully saturated rings. The summed E-state index contributed by atoms with van der Waals surface area (Å²) < 4.78 is 0.622. The highest BCUT2D eigenvalue weighted by Gasteiger charge is 2.17. The fourth-order valence-electron chi connectivity index (χ4n) is 1.24. The van der Waals surface area contributed by atoms with Crippen molar-refractivity contribution in [3.8, 4) is 5.75 Å². The lowest BCUT2D eigenvalue weighted by atomic mass is 10.2. The summed E-state index contributed by atoms with van der Waals surface area (Å²) in [5.74, 6) is 0.271. The van der Waals surface area contributed by atoms with Crippen molar-refractivity contribution < 1.29 is 10.2 Å². The van der Waals surface area contributed by atoms with Crippen LogP contribution in [0.15, 0.2) is 24.3 Å². The Kier molecular flexibility index (Phi) is 2.90. The molecule has 0 heterocycles. The first kappa shape index (κ1) is 10.0. The van der Waals surface area contributed by atoms with Crippen LogP contribution in [0, 0.1) is 0 Å². The van der Waals surface area contributed by atoms with Gasteiger partial charge in [-0.1, -0.05) is 0 Å². The molecule has 2 N–H and O–H groups in total. The van der Waals surface area contributed by atoms with E-state index in [0.29, 0.717) is 11.0 Å². The molecule has 3 nitrogen and oxygen atoms in total. The second kappa shape index (κ2) is 3.77. The van der Waals surface area contributed by atoms with E-state index in [2.05, 4.69) is 0 Å². The molecule has 0 amide bonds. The topological polar surface area (TPSA) is 40.5 Å². The molecule has 3 heteroatoms. The molecule has 0 aliphatic rings. The van der Waals surface area contributed by atoms with Gasteiger partial charge < -0.3 is 10.2 Å². The highest BCUT2D eigenvalue weighted by atomic mass is 16.3. The van der Waals surface area contributed by atoms with Crippen molar-refractivity contribution in [2.24, 2.45) is 0 Å². The van der Waals surface area contributed by atoms with E-state index >= 15 is 0 Å². The number of phenolic OH excluding ortho intramolecular Hbond substituents is 1. The second-order valence-electron chi connectivity index (χ2n) is 3.65. The summed E-state index contributed by atoms with van der Waals surface area (Å²) >= 11 is 0. The first-order chi connectivity index (χ1) is 6.06. The summed E-state index contributed by atoms with van der Waals surface area (Å²) in [6.45, 7) is 0.832. The number of likely N-dealkylation sites (N-methyl/N-ethyl adjacent to an activating group) is 1. The average molecular weight is 182 g/mol. The minimum Gasteiger partial charge on any atom is -0.508 e. The van der Waals surface area contributed by atoms with E-state index in [1.54, 1.807) is 12.1 Å². The van der Waals surface area contributed by atoms with Crippen LogP contribution >= 0.6 is 0 Å². The average Bonchev–Trinajstić information content (AvgIpc) is 2.05. The number of quaternary nitrogens is 1. The molecule has 1 aromatic rings. The lowest BCUT2D eigenvalue weighted by molar-refractivity contribution is 0.242. The molecular weight excluding hydrogens is 166 g/mol. The zero-order valence-electron chi connectivity index (χ0n) is 8.07. The molecule has 0 saturated carbocycles. The minimum atomic E-state index is 0.161. The van der Waals surface area contributed by atoms with Gasteiger partial charge in [0.05, 0.1) is 20.7 Å². The lowest BCUT2D eigenvalue weighted by Gasteiger charge is -2.28. The molecule has 0 aliphatic carbocycles. The Morgan fingerprint density at radius 3 is 2.15 bits per heavy atom. The van der Waals surface area contributed by atoms with Gasteiger partial charge in [-0.25, -0.2) is 0 Å². The molecule has 0 aromatic heterocycles. The minimum absolute atomic E-state index is 0.161. The van der Waals surface area contributed by atoms with Gasteiger partial charge >= 0.3 is 0 Å². The summed E-state index contributed by atoms with van der Waals surface area (Å²) in [6, 6.07) is 7.05. The number of phenols is 1. The maximum atomic E-state index is 9.10. The van der Waals surface area contributed by atoms with Crippen LogP contribution in [0.5, 0.6) is 5.75 Å². The smallest absolute Gasteiger partial charge is 0.132 e. The summed E-state index contributed by atoms with van der Waals surface area (Å²) in [6.07, 6.45) is 0. The maximum Gasteiger partial charge on any atom is 0.132 e. The van der Waals surface area contributed by atoms with Gasteiger partial charge in [-0.2, -0.15) is 0 Å². The highest BCUT2D eigenvalue weighted by Crippen LogP contribution is 2.21. The van der Waals surface area contributed by atoms with Crippen molar-refractivity contribution >= 4 is 5.69 Å². The van der Waals surface area contributed by atoms with Gasteiger partial charge in [-0.3, -0.25) is 4.48 Å². The number of nitrogens with zero attached hydrogens (tertiary/aromatic N) is 1. The monoisotopic (exact) mass is 182 g/mol. The van der Waals surface area contributed by atoms with E-state index in [9.17, 15) is 0 Å². The fraction of sp³-hybridized carbons (Fsp3) is 0.400. The quantitative estimate of drug-likeness (QED) is 0.683. The SMILES string of the molecule is C[N+](C)(CCO)c1ccc(O)cc1. The third-order valence-corrected chi connectivity index (χ3v) is 2.21. The molecular formula is C10H16NO2+. The molecule has 0 saturated heterocycles. The van der Waals surface area contributed by atoms with Crippen molar-refractivity contribution in [2.75, 3.05) is 27.2 Å². The Morgan fingerprint density at radius 1 is 1.15 bits per heavy atom. The molecule has 1 rings (SSSR count). The van der Waals surface area contributed by atoms with Crippen LogP contribution in [0.3, 0.4) is 0 Å². The molecule has 13 heavy (non-hydrogen) atoms. The number of aromatic hydroxyl groups is 1. The molecule has 72 valence electrons. The molecule has 0 spiro atoms. The van der Waals surface area contributed by atoms with Gasteiger partial charge in [-0.05, 0) is 12.1 Å². The Labute approximate surface area is 78.4 Å². The van der Waals surface area contributed by atoms with E-state index in [4.69, 9.17) is 10.2 Å². The lowest BCUT2D eigenvalue weighted by Crippen LogP contribution is -2.42. The number of aliphatic hydroxyl groups is 1. The molecule has 0 bridgehead atoms. The van der Waals surface area contributed by atoms with E-state index < -0.39 is 0 Å². The van der Waals surface area contributed by atoms with Gasteiger partial charge in [0, 0.05) is 12.1 Å². The maximum absolute atomic E-state index is 9.10. The first-order valence-corrected chi connectivity index (χ1v) is 4.30. The van der Waals surface area contributed by atoms with Gasteiger partial charge in [0.1, 0.15) is 18.0 Å². The summed E-state index contributed by atoms with van der Waals surface area (Å²) in [7, 11) is 4.03. The van der Waals surface area contributed by atoms with Gasteiger partial charge in [-0.15, -0.1) is 0 Å². The van der Waals surface area contributed by atoms with Crippen LogP contribution in [0.4, 0.5) is 5.69 Å². The highest BCUT2D eigenvalue weighted by molar-refractivity contribution is 5.44. The van der Waals surface area contributed by atoms with Crippen molar-refractivity contribution in [1.29, 1.82) is 0 Å². The van der Waals surface area contributed by atoms with Crippen molar-refractivity contribution in [1.82, 2.24) is 4.48 Å². The first-order valence-electron chi connectivity index (χ1n) is 4.30. The van der Waals surface area contributed by atoms with Crippen LogP contribution in [0.1, 0.15) is 0 Å². The normalized spacial score (nSPS) is 11.6. The standard InChI is InChI=1S/C10H15NO2/c1-11(2,7-8-12)9-3-5-10(13)6-4-9/h3-6,12H,7-8H2,1-2H3/p+1. The predicted molar refractivity (Wildman–Crippen MR) is 53.7 cm³/mol. The van der Waals surface area contributed by atoms with Crippen molar-refractivity contribution in [3.05, 3.63) is 24.3 Å². The zero-order valence-corrected chi connectivity index (χ0v) is 8.07. The molecule has 0 aliphatic heterocycles. The van der Waals surface area contributed by atoms with Crippen LogP contribution in [-0.2, 0) is 0 Å². The fourth-order valence-corrected chi connectivity index (χ4v) is 1.24.